The van der Waals surface area contributed by atoms with Gasteiger partial charge in [-0.1, -0.05) is 30.3 Å². The summed E-state index contributed by atoms with van der Waals surface area (Å²) in [5.41, 5.74) is 1.46. The summed E-state index contributed by atoms with van der Waals surface area (Å²) in [6.45, 7) is 1.69. The van der Waals surface area contributed by atoms with Gasteiger partial charge in [-0.2, -0.15) is 0 Å². The van der Waals surface area contributed by atoms with E-state index in [2.05, 4.69) is 0 Å². The van der Waals surface area contributed by atoms with Crippen molar-refractivity contribution in [2.45, 2.75) is 13.0 Å². The fourth-order valence-corrected chi connectivity index (χ4v) is 2.55. The molecule has 0 heterocycles. The predicted octanol–water partition coefficient (Wildman–Crippen LogP) is 4.71. The van der Waals surface area contributed by atoms with Crippen molar-refractivity contribution in [3.05, 3.63) is 101 Å². The SMILES string of the molecule is CC(Oc1ccc(C(=O)c2ccc(F)cc2)cc1)C(=O)c1ccccc1. The normalized spacial score (nSPS) is 11.6. The van der Waals surface area contributed by atoms with Crippen LogP contribution in [0, 0.1) is 5.82 Å². The smallest absolute Gasteiger partial charge is 0.202 e. The molecular weight excluding hydrogens is 331 g/mol. The zero-order chi connectivity index (χ0) is 18.5. The highest BCUT2D eigenvalue weighted by Gasteiger charge is 2.17. The Hall–Kier alpha value is -3.27. The first-order valence-corrected chi connectivity index (χ1v) is 8.21. The summed E-state index contributed by atoms with van der Waals surface area (Å²) < 4.78 is 18.6. The van der Waals surface area contributed by atoms with Crippen LogP contribution in [0.1, 0.15) is 33.2 Å². The molecule has 0 N–H and O–H groups in total. The van der Waals surface area contributed by atoms with Gasteiger partial charge in [0, 0.05) is 16.7 Å². The monoisotopic (exact) mass is 348 g/mol. The highest BCUT2D eigenvalue weighted by Crippen LogP contribution is 2.18. The minimum absolute atomic E-state index is 0.114. The second-order valence-corrected chi connectivity index (χ2v) is 5.85. The minimum Gasteiger partial charge on any atom is -0.483 e. The second kappa shape index (κ2) is 7.74. The topological polar surface area (TPSA) is 43.4 Å². The van der Waals surface area contributed by atoms with Crippen LogP contribution in [0.15, 0.2) is 78.9 Å². The van der Waals surface area contributed by atoms with Gasteiger partial charge in [0.15, 0.2) is 11.9 Å². The molecule has 0 fully saturated rings. The molecule has 0 bridgehead atoms. The summed E-state index contributed by atoms with van der Waals surface area (Å²) in [5, 5.41) is 0. The quantitative estimate of drug-likeness (QED) is 0.606. The Labute approximate surface area is 151 Å². The number of carbonyl (C=O) groups excluding carboxylic acids is 2. The van der Waals surface area contributed by atoms with E-state index in [-0.39, 0.29) is 17.4 Å². The average molecular weight is 348 g/mol. The van der Waals surface area contributed by atoms with Gasteiger partial charge in [0.1, 0.15) is 11.6 Å². The van der Waals surface area contributed by atoms with Gasteiger partial charge in [-0.25, -0.2) is 4.39 Å². The predicted molar refractivity (Wildman–Crippen MR) is 97.1 cm³/mol. The van der Waals surface area contributed by atoms with E-state index < -0.39 is 6.10 Å². The van der Waals surface area contributed by atoms with Crippen LogP contribution in [-0.4, -0.2) is 17.7 Å². The van der Waals surface area contributed by atoms with Crippen molar-refractivity contribution in [1.29, 1.82) is 0 Å². The van der Waals surface area contributed by atoms with Crippen molar-refractivity contribution in [3.63, 3.8) is 0 Å². The molecule has 0 aliphatic heterocycles. The van der Waals surface area contributed by atoms with Gasteiger partial charge in [0.25, 0.3) is 0 Å². The standard InChI is InChI=1S/C22H17FO3/c1-15(21(24)16-5-3-2-4-6-16)26-20-13-9-18(10-14-20)22(25)17-7-11-19(23)12-8-17/h2-15H,1H3. The Balaban J connectivity index is 1.68. The number of ether oxygens (including phenoxy) is 1. The van der Waals surface area contributed by atoms with Crippen molar-refractivity contribution >= 4 is 11.6 Å². The Kier molecular flexibility index (Phi) is 5.23. The maximum atomic E-state index is 13.0. The first-order chi connectivity index (χ1) is 12.5. The van der Waals surface area contributed by atoms with Crippen LogP contribution in [0.5, 0.6) is 5.75 Å². The molecular formula is C22H17FO3. The molecule has 0 radical (unpaired) electrons. The van der Waals surface area contributed by atoms with Crippen molar-refractivity contribution < 1.29 is 18.7 Å². The Morgan fingerprint density at radius 1 is 0.769 bits per heavy atom. The maximum Gasteiger partial charge on any atom is 0.202 e. The molecule has 0 aliphatic rings. The molecule has 3 aromatic rings. The number of hydrogen-bond acceptors (Lipinski definition) is 3. The maximum absolute atomic E-state index is 13.0. The number of rotatable bonds is 6. The second-order valence-electron chi connectivity index (χ2n) is 5.85. The van der Waals surface area contributed by atoms with E-state index in [0.717, 1.165) is 0 Å². The zero-order valence-electron chi connectivity index (χ0n) is 14.2. The molecule has 3 nitrogen and oxygen atoms in total. The van der Waals surface area contributed by atoms with Gasteiger partial charge in [-0.05, 0) is 55.5 Å². The summed E-state index contributed by atoms with van der Waals surface area (Å²) in [6, 6.07) is 20.9. The molecule has 0 aliphatic carbocycles. The van der Waals surface area contributed by atoms with Crippen molar-refractivity contribution in [2.75, 3.05) is 0 Å². The molecule has 0 spiro atoms. The zero-order valence-corrected chi connectivity index (χ0v) is 14.2. The van der Waals surface area contributed by atoms with Crippen LogP contribution >= 0.6 is 0 Å². The molecule has 3 rings (SSSR count). The highest BCUT2D eigenvalue weighted by atomic mass is 19.1. The third-order valence-corrected chi connectivity index (χ3v) is 3.96. The minimum atomic E-state index is -0.643. The van der Waals surface area contributed by atoms with E-state index >= 15 is 0 Å². The van der Waals surface area contributed by atoms with Crippen molar-refractivity contribution in [3.8, 4) is 5.75 Å². The van der Waals surface area contributed by atoms with E-state index in [1.54, 1.807) is 55.5 Å². The lowest BCUT2D eigenvalue weighted by Gasteiger charge is -2.14. The third kappa shape index (κ3) is 4.03. The molecule has 130 valence electrons. The van der Waals surface area contributed by atoms with Crippen LogP contribution < -0.4 is 4.74 Å². The first-order valence-electron chi connectivity index (χ1n) is 8.21. The Morgan fingerprint density at radius 3 is 1.88 bits per heavy atom. The number of ketones is 2. The van der Waals surface area contributed by atoms with Gasteiger partial charge >= 0.3 is 0 Å². The highest BCUT2D eigenvalue weighted by molar-refractivity contribution is 6.09. The molecule has 1 unspecified atom stereocenters. The van der Waals surface area contributed by atoms with Crippen LogP contribution in [-0.2, 0) is 0 Å². The molecule has 0 aromatic heterocycles. The van der Waals surface area contributed by atoms with E-state index in [1.165, 1.54) is 24.3 Å². The number of carbonyl (C=O) groups is 2. The first kappa shape index (κ1) is 17.5. The average Bonchev–Trinajstić information content (AvgIpc) is 2.68. The van der Waals surface area contributed by atoms with Crippen LogP contribution in [0.2, 0.25) is 0 Å². The summed E-state index contributed by atoms with van der Waals surface area (Å²) in [5.74, 6) is -0.207. The molecule has 26 heavy (non-hydrogen) atoms. The summed E-state index contributed by atoms with van der Waals surface area (Å²) in [4.78, 5) is 24.7. The van der Waals surface area contributed by atoms with E-state index in [9.17, 15) is 14.0 Å². The van der Waals surface area contributed by atoms with E-state index in [4.69, 9.17) is 4.74 Å². The van der Waals surface area contributed by atoms with Crippen molar-refractivity contribution in [2.24, 2.45) is 0 Å². The number of Topliss-reactive ketones (excluding diaryl/α,β-unsaturated/α-hetero) is 1. The van der Waals surface area contributed by atoms with Gasteiger partial charge < -0.3 is 4.74 Å². The molecule has 0 saturated carbocycles. The van der Waals surface area contributed by atoms with Crippen LogP contribution in [0.25, 0.3) is 0 Å². The number of halogens is 1. The van der Waals surface area contributed by atoms with E-state index in [0.29, 0.717) is 22.4 Å². The van der Waals surface area contributed by atoms with Crippen molar-refractivity contribution in [1.82, 2.24) is 0 Å². The largest absolute Gasteiger partial charge is 0.483 e. The van der Waals surface area contributed by atoms with Crippen LogP contribution in [0.3, 0.4) is 0 Å². The molecule has 1 atom stereocenters. The lowest BCUT2D eigenvalue weighted by atomic mass is 10.0. The lowest BCUT2D eigenvalue weighted by molar-refractivity contribution is 0.0817. The van der Waals surface area contributed by atoms with Gasteiger partial charge in [0.05, 0.1) is 0 Å². The number of benzene rings is 3. The fourth-order valence-electron chi connectivity index (χ4n) is 2.55. The molecule has 3 aromatic carbocycles. The summed E-state index contributed by atoms with van der Waals surface area (Å²) >= 11 is 0. The molecule has 0 saturated heterocycles. The third-order valence-electron chi connectivity index (χ3n) is 3.96. The van der Waals surface area contributed by atoms with Gasteiger partial charge in [0.2, 0.25) is 5.78 Å². The lowest BCUT2D eigenvalue weighted by Crippen LogP contribution is -2.23. The van der Waals surface area contributed by atoms with Crippen LogP contribution in [0.4, 0.5) is 4.39 Å². The number of hydrogen-bond donors (Lipinski definition) is 0. The molecule has 4 heteroatoms. The Morgan fingerprint density at radius 2 is 1.31 bits per heavy atom. The van der Waals surface area contributed by atoms with E-state index in [1.807, 2.05) is 6.07 Å². The van der Waals surface area contributed by atoms with Gasteiger partial charge in [-0.15, -0.1) is 0 Å². The summed E-state index contributed by atoms with van der Waals surface area (Å²) in [7, 11) is 0. The Bertz CT molecular complexity index is 900. The fraction of sp³-hybridized carbons (Fsp3) is 0.0909. The summed E-state index contributed by atoms with van der Waals surface area (Å²) in [6.07, 6.45) is -0.643. The molecule has 0 amide bonds. The van der Waals surface area contributed by atoms with Gasteiger partial charge in [-0.3, -0.25) is 9.59 Å².